The van der Waals surface area contributed by atoms with Crippen LogP contribution in [-0.4, -0.2) is 5.11 Å². The summed E-state index contributed by atoms with van der Waals surface area (Å²) in [6.45, 7) is 4.07. The van der Waals surface area contributed by atoms with Gasteiger partial charge in [-0.2, -0.15) is 5.11 Å². The molecule has 0 saturated heterocycles. The first-order chi connectivity index (χ1) is 8.69. The summed E-state index contributed by atoms with van der Waals surface area (Å²) in [6.07, 6.45) is 0.892. The van der Waals surface area contributed by atoms with Crippen molar-refractivity contribution in [1.29, 1.82) is 0 Å². The summed E-state index contributed by atoms with van der Waals surface area (Å²) in [7, 11) is 0. The summed E-state index contributed by atoms with van der Waals surface area (Å²) in [5.74, 6) is 0.171. The number of hydrogen-bond acceptors (Lipinski definition) is 3. The monoisotopic (exact) mass is 240 g/mol. The molecule has 92 valence electrons. The molecule has 0 bridgehead atoms. The number of hydrogen-bond donors (Lipinski definition) is 1. The molecule has 0 heterocycles. The third-order valence-corrected chi connectivity index (χ3v) is 2.76. The Hall–Kier alpha value is -2.16. The molecule has 0 aliphatic rings. The summed E-state index contributed by atoms with van der Waals surface area (Å²) in [6, 6.07) is 13.2. The molecule has 3 heteroatoms. The van der Waals surface area contributed by atoms with E-state index in [-0.39, 0.29) is 5.75 Å². The lowest BCUT2D eigenvalue weighted by Gasteiger charge is -2.00. The molecule has 0 atom stereocenters. The minimum atomic E-state index is 0.171. The molecule has 2 rings (SSSR count). The van der Waals surface area contributed by atoms with Crippen LogP contribution in [0.1, 0.15) is 18.1 Å². The predicted octanol–water partition coefficient (Wildman–Crippen LogP) is 4.68. The molecule has 0 saturated carbocycles. The Balaban J connectivity index is 2.20. The van der Waals surface area contributed by atoms with Crippen LogP contribution in [0.2, 0.25) is 0 Å². The van der Waals surface area contributed by atoms with Gasteiger partial charge >= 0.3 is 0 Å². The minimum absolute atomic E-state index is 0.171. The molecule has 1 N–H and O–H groups in total. The van der Waals surface area contributed by atoms with Crippen molar-refractivity contribution < 1.29 is 5.11 Å². The fraction of sp³-hybridized carbons (Fsp3) is 0.200. The molecule has 0 aliphatic carbocycles. The Morgan fingerprint density at radius 1 is 1.00 bits per heavy atom. The molecule has 2 aromatic rings. The van der Waals surface area contributed by atoms with Gasteiger partial charge in [0.05, 0.1) is 5.69 Å². The molecule has 0 radical (unpaired) electrons. The van der Waals surface area contributed by atoms with Gasteiger partial charge in [-0.05, 0) is 43.2 Å². The zero-order valence-corrected chi connectivity index (χ0v) is 10.6. The van der Waals surface area contributed by atoms with Gasteiger partial charge in [-0.3, -0.25) is 0 Å². The van der Waals surface area contributed by atoms with Crippen LogP contribution in [0.15, 0.2) is 52.7 Å². The van der Waals surface area contributed by atoms with Gasteiger partial charge in [0.2, 0.25) is 0 Å². The zero-order valence-electron chi connectivity index (χ0n) is 10.6. The zero-order chi connectivity index (χ0) is 13.0. The first-order valence-electron chi connectivity index (χ1n) is 5.99. The molecule has 0 aromatic heterocycles. The molecule has 2 aromatic carbocycles. The van der Waals surface area contributed by atoms with E-state index in [4.69, 9.17) is 0 Å². The lowest BCUT2D eigenvalue weighted by atomic mass is 10.1. The van der Waals surface area contributed by atoms with E-state index < -0.39 is 0 Å². The summed E-state index contributed by atoms with van der Waals surface area (Å²) in [4.78, 5) is 0. The Labute approximate surface area is 107 Å². The van der Waals surface area contributed by atoms with Gasteiger partial charge in [0, 0.05) is 0 Å². The number of azo groups is 1. The molecule has 3 nitrogen and oxygen atoms in total. The van der Waals surface area contributed by atoms with E-state index in [1.807, 2.05) is 44.2 Å². The van der Waals surface area contributed by atoms with Crippen LogP contribution < -0.4 is 0 Å². The normalized spacial score (nSPS) is 11.0. The smallest absolute Gasteiger partial charge is 0.143 e. The van der Waals surface area contributed by atoms with Crippen molar-refractivity contribution in [3.8, 4) is 5.75 Å². The highest BCUT2D eigenvalue weighted by atomic mass is 16.3. The van der Waals surface area contributed by atoms with E-state index in [1.165, 1.54) is 5.56 Å². The van der Waals surface area contributed by atoms with Crippen LogP contribution in [0.3, 0.4) is 0 Å². The van der Waals surface area contributed by atoms with E-state index in [0.29, 0.717) is 5.69 Å². The summed E-state index contributed by atoms with van der Waals surface area (Å²) >= 11 is 0. The maximum Gasteiger partial charge on any atom is 0.143 e. The highest BCUT2D eigenvalue weighted by Crippen LogP contribution is 2.29. The van der Waals surface area contributed by atoms with Crippen molar-refractivity contribution >= 4 is 11.4 Å². The van der Waals surface area contributed by atoms with Crippen LogP contribution in [0.5, 0.6) is 5.75 Å². The number of benzene rings is 2. The number of rotatable bonds is 3. The van der Waals surface area contributed by atoms with Crippen LogP contribution in [0, 0.1) is 6.92 Å². The van der Waals surface area contributed by atoms with Crippen LogP contribution in [-0.2, 0) is 6.42 Å². The lowest BCUT2D eigenvalue weighted by molar-refractivity contribution is 0.475. The van der Waals surface area contributed by atoms with Gasteiger partial charge in [0.1, 0.15) is 11.4 Å². The molecule has 0 fully saturated rings. The summed E-state index contributed by atoms with van der Waals surface area (Å²) in [5, 5.41) is 17.9. The fourth-order valence-electron chi connectivity index (χ4n) is 1.60. The summed E-state index contributed by atoms with van der Waals surface area (Å²) in [5.41, 5.74) is 3.54. The van der Waals surface area contributed by atoms with Gasteiger partial charge in [0.25, 0.3) is 0 Å². The topological polar surface area (TPSA) is 45.0 Å². The van der Waals surface area contributed by atoms with Crippen molar-refractivity contribution in [2.75, 3.05) is 0 Å². The van der Waals surface area contributed by atoms with Gasteiger partial charge in [0.15, 0.2) is 0 Å². The van der Waals surface area contributed by atoms with Crippen molar-refractivity contribution in [2.45, 2.75) is 20.3 Å². The van der Waals surface area contributed by atoms with Gasteiger partial charge in [-0.25, -0.2) is 0 Å². The molecular formula is C15H16N2O. The fourth-order valence-corrected chi connectivity index (χ4v) is 1.60. The number of phenolic OH excluding ortho intramolecular Hbond substituents is 1. The Kier molecular flexibility index (Phi) is 3.72. The number of aryl methyl sites for hydroxylation is 2. The van der Waals surface area contributed by atoms with E-state index in [1.54, 1.807) is 12.1 Å². The highest BCUT2D eigenvalue weighted by molar-refractivity contribution is 5.52. The van der Waals surface area contributed by atoms with Crippen LogP contribution in [0.4, 0.5) is 11.4 Å². The Morgan fingerprint density at radius 3 is 2.33 bits per heavy atom. The average Bonchev–Trinajstić information content (AvgIpc) is 2.39. The standard InChI is InChI=1S/C15H16N2O/c1-3-12-6-9-14(15(18)10-12)17-16-13-7-4-11(2)5-8-13/h4-10,18H,3H2,1-2H3. The third-order valence-electron chi connectivity index (χ3n) is 2.76. The molecule has 0 amide bonds. The van der Waals surface area contributed by atoms with Crippen LogP contribution in [0.25, 0.3) is 0 Å². The molecule has 0 unspecified atom stereocenters. The maximum absolute atomic E-state index is 9.79. The maximum atomic E-state index is 9.79. The second-order valence-corrected chi connectivity index (χ2v) is 4.21. The van der Waals surface area contributed by atoms with Crippen LogP contribution >= 0.6 is 0 Å². The Morgan fingerprint density at radius 2 is 1.72 bits per heavy atom. The molecular weight excluding hydrogens is 224 g/mol. The average molecular weight is 240 g/mol. The second-order valence-electron chi connectivity index (χ2n) is 4.21. The van der Waals surface area contributed by atoms with E-state index in [0.717, 1.165) is 17.7 Å². The van der Waals surface area contributed by atoms with Gasteiger partial charge in [-0.15, -0.1) is 5.11 Å². The van der Waals surface area contributed by atoms with Gasteiger partial charge < -0.3 is 5.11 Å². The molecule has 18 heavy (non-hydrogen) atoms. The number of aromatic hydroxyl groups is 1. The number of nitrogens with zero attached hydrogens (tertiary/aromatic N) is 2. The predicted molar refractivity (Wildman–Crippen MR) is 72.8 cm³/mol. The quantitative estimate of drug-likeness (QED) is 0.778. The Bertz CT molecular complexity index is 559. The molecule has 0 aliphatic heterocycles. The van der Waals surface area contributed by atoms with Crippen molar-refractivity contribution in [3.05, 3.63) is 53.6 Å². The highest BCUT2D eigenvalue weighted by Gasteiger charge is 2.00. The van der Waals surface area contributed by atoms with E-state index in [2.05, 4.69) is 10.2 Å². The van der Waals surface area contributed by atoms with Gasteiger partial charge in [-0.1, -0.05) is 30.7 Å². The number of phenols is 1. The van der Waals surface area contributed by atoms with Crippen molar-refractivity contribution in [2.24, 2.45) is 10.2 Å². The van der Waals surface area contributed by atoms with E-state index >= 15 is 0 Å². The molecule has 0 spiro atoms. The third kappa shape index (κ3) is 2.94. The SMILES string of the molecule is CCc1ccc(N=Nc2ccc(C)cc2)c(O)c1. The lowest BCUT2D eigenvalue weighted by Crippen LogP contribution is -1.78. The second kappa shape index (κ2) is 5.45. The summed E-state index contributed by atoms with van der Waals surface area (Å²) < 4.78 is 0. The largest absolute Gasteiger partial charge is 0.506 e. The van der Waals surface area contributed by atoms with Crippen molar-refractivity contribution in [3.63, 3.8) is 0 Å². The van der Waals surface area contributed by atoms with E-state index in [9.17, 15) is 5.11 Å². The minimum Gasteiger partial charge on any atom is -0.506 e. The first-order valence-corrected chi connectivity index (χ1v) is 5.99. The first kappa shape index (κ1) is 12.3. The van der Waals surface area contributed by atoms with Crippen molar-refractivity contribution in [1.82, 2.24) is 0 Å².